The smallest absolute Gasteiger partial charge is 0.475 e. The van der Waals surface area contributed by atoms with Crippen LogP contribution >= 0.6 is 11.3 Å². The average Bonchev–Trinajstić information content (AvgIpc) is 3.33. The van der Waals surface area contributed by atoms with Crippen molar-refractivity contribution >= 4 is 17.3 Å². The molecular weight excluding hydrogens is 435 g/mol. The number of aromatic nitrogens is 4. The zero-order chi connectivity index (χ0) is 22.4. The molecule has 0 aliphatic carbocycles. The van der Waals surface area contributed by atoms with Gasteiger partial charge in [0.1, 0.15) is 5.82 Å². The summed E-state index contributed by atoms with van der Waals surface area (Å²) in [5.41, 5.74) is 1.28. The molecule has 1 N–H and O–H groups in total. The number of rotatable bonds is 4. The predicted octanol–water partition coefficient (Wildman–Crippen LogP) is 2.47. The molecular formula is C19H20F3N5O3S. The van der Waals surface area contributed by atoms with E-state index >= 15 is 0 Å². The number of aliphatic carboxylic acids is 1. The van der Waals surface area contributed by atoms with Crippen LogP contribution in [0.4, 0.5) is 13.2 Å². The summed E-state index contributed by atoms with van der Waals surface area (Å²) in [7, 11) is 0. The summed E-state index contributed by atoms with van der Waals surface area (Å²) in [5, 5.41) is 15.6. The maximum atomic E-state index is 12.0. The molecule has 4 rings (SSSR count). The summed E-state index contributed by atoms with van der Waals surface area (Å²) < 4.78 is 35.5. The molecule has 0 radical (unpaired) electrons. The molecule has 31 heavy (non-hydrogen) atoms. The molecule has 3 aromatic heterocycles. The zero-order valence-corrected chi connectivity index (χ0v) is 17.1. The van der Waals surface area contributed by atoms with E-state index in [1.807, 2.05) is 12.4 Å². The van der Waals surface area contributed by atoms with Crippen molar-refractivity contribution in [2.75, 3.05) is 6.54 Å². The van der Waals surface area contributed by atoms with Crippen molar-refractivity contribution in [3.05, 3.63) is 69.3 Å². The van der Waals surface area contributed by atoms with Crippen molar-refractivity contribution in [2.45, 2.75) is 32.4 Å². The second kappa shape index (κ2) is 9.88. The quantitative estimate of drug-likeness (QED) is 0.650. The Morgan fingerprint density at radius 1 is 1.26 bits per heavy atom. The Morgan fingerprint density at radius 2 is 2.03 bits per heavy atom. The maximum Gasteiger partial charge on any atom is 0.490 e. The Morgan fingerprint density at radius 3 is 2.68 bits per heavy atom. The van der Waals surface area contributed by atoms with E-state index in [2.05, 4.69) is 36.4 Å². The van der Waals surface area contributed by atoms with Crippen molar-refractivity contribution in [1.82, 2.24) is 24.2 Å². The predicted molar refractivity (Wildman–Crippen MR) is 106 cm³/mol. The number of hydrogen-bond donors (Lipinski definition) is 1. The third-order valence-corrected chi connectivity index (χ3v) is 5.32. The third kappa shape index (κ3) is 6.49. The molecule has 1 unspecified atom stereocenters. The summed E-state index contributed by atoms with van der Waals surface area (Å²) in [6, 6.07) is 5.42. The van der Waals surface area contributed by atoms with Gasteiger partial charge in [-0.1, -0.05) is 0 Å². The number of fused-ring (bicyclic) bond motifs is 1. The Labute approximate surface area is 179 Å². The molecule has 166 valence electrons. The van der Waals surface area contributed by atoms with Crippen LogP contribution in [-0.2, 0) is 31.0 Å². The lowest BCUT2D eigenvalue weighted by molar-refractivity contribution is -0.192. The second-order valence-electron chi connectivity index (χ2n) is 7.01. The fourth-order valence-corrected chi connectivity index (χ4v) is 3.93. The molecule has 4 heterocycles. The van der Waals surface area contributed by atoms with Gasteiger partial charge < -0.3 is 9.67 Å². The molecule has 3 aromatic rings. The van der Waals surface area contributed by atoms with Gasteiger partial charge in [0, 0.05) is 50.2 Å². The molecule has 1 atom stereocenters. The summed E-state index contributed by atoms with van der Waals surface area (Å²) in [6.07, 6.45) is 0.467. The van der Waals surface area contributed by atoms with Crippen LogP contribution in [0.25, 0.3) is 0 Å². The van der Waals surface area contributed by atoms with E-state index in [9.17, 15) is 18.0 Å². The van der Waals surface area contributed by atoms with E-state index < -0.39 is 12.1 Å². The number of halogens is 3. The fourth-order valence-electron chi connectivity index (χ4n) is 3.27. The van der Waals surface area contributed by atoms with E-state index in [1.54, 1.807) is 34.3 Å². The number of thiophene rings is 1. The summed E-state index contributed by atoms with van der Waals surface area (Å²) in [5.74, 6) is -1.36. The molecule has 0 aromatic carbocycles. The number of carbonyl (C=O) groups is 1. The number of alkyl halides is 3. The highest BCUT2D eigenvalue weighted by Gasteiger charge is 2.38. The highest BCUT2D eigenvalue weighted by molar-refractivity contribution is 7.07. The fraction of sp³-hybridized carbons (Fsp3) is 0.368. The monoisotopic (exact) mass is 455 g/mol. The Hall–Kier alpha value is -2.99. The molecule has 0 spiro atoms. The standard InChI is InChI=1S/C17H19N5OS.C2HF3O2/c23-17-2-1-4-19-22(17)11-15-9-20(8-14-3-7-24-13-14)12-16-18-5-6-21(16)10-15;3-2(4,5)1(6)7/h1-7,13,15H,8-12H2;(H,6,7). The first-order valence-electron chi connectivity index (χ1n) is 9.28. The van der Waals surface area contributed by atoms with Crippen molar-refractivity contribution in [1.29, 1.82) is 0 Å². The van der Waals surface area contributed by atoms with Crippen LogP contribution < -0.4 is 5.56 Å². The van der Waals surface area contributed by atoms with Crippen LogP contribution in [0.5, 0.6) is 0 Å². The Kier molecular flexibility index (Phi) is 7.23. The minimum Gasteiger partial charge on any atom is -0.475 e. The average molecular weight is 455 g/mol. The first kappa shape index (κ1) is 22.7. The molecule has 0 bridgehead atoms. The molecule has 0 amide bonds. The number of carboxylic acid groups (broad SMARTS) is 1. The van der Waals surface area contributed by atoms with Crippen LogP contribution in [0.2, 0.25) is 0 Å². The molecule has 1 aliphatic rings. The first-order chi connectivity index (χ1) is 14.7. The molecule has 0 saturated carbocycles. The molecule has 8 nitrogen and oxygen atoms in total. The lowest BCUT2D eigenvalue weighted by Gasteiger charge is -2.23. The van der Waals surface area contributed by atoms with Gasteiger partial charge in [-0.2, -0.15) is 29.6 Å². The molecule has 0 fully saturated rings. The molecule has 12 heteroatoms. The van der Waals surface area contributed by atoms with Crippen molar-refractivity contribution < 1.29 is 23.1 Å². The highest BCUT2D eigenvalue weighted by atomic mass is 32.1. The van der Waals surface area contributed by atoms with Gasteiger partial charge in [-0.05, 0) is 28.5 Å². The Bertz CT molecular complexity index is 1050. The molecule has 1 aliphatic heterocycles. The summed E-state index contributed by atoms with van der Waals surface area (Å²) >= 11 is 1.72. The van der Waals surface area contributed by atoms with Crippen molar-refractivity contribution in [2.24, 2.45) is 5.92 Å². The summed E-state index contributed by atoms with van der Waals surface area (Å²) in [4.78, 5) is 27.8. The SMILES string of the molecule is O=C(O)C(F)(F)F.O=c1cccnn1CC1CN(Cc2ccsc2)Cc2nccn2C1. The van der Waals surface area contributed by atoms with Crippen LogP contribution in [0.1, 0.15) is 11.4 Å². The minimum absolute atomic E-state index is 0.0445. The maximum absolute atomic E-state index is 12.0. The highest BCUT2D eigenvalue weighted by Crippen LogP contribution is 2.19. The van der Waals surface area contributed by atoms with Crippen LogP contribution in [0.3, 0.4) is 0 Å². The van der Waals surface area contributed by atoms with Gasteiger partial charge in [-0.15, -0.1) is 0 Å². The van der Waals surface area contributed by atoms with Crippen LogP contribution in [0.15, 0.2) is 52.3 Å². The number of nitrogens with zero attached hydrogens (tertiary/aromatic N) is 5. The number of carboxylic acids is 1. The lowest BCUT2D eigenvalue weighted by Crippen LogP contribution is -2.33. The van der Waals surface area contributed by atoms with Crippen LogP contribution in [-0.4, -0.2) is 48.0 Å². The largest absolute Gasteiger partial charge is 0.490 e. The van der Waals surface area contributed by atoms with E-state index in [0.29, 0.717) is 12.5 Å². The molecule has 0 saturated heterocycles. The summed E-state index contributed by atoms with van der Waals surface area (Å²) in [6.45, 7) is 4.14. The van der Waals surface area contributed by atoms with Crippen LogP contribution in [0, 0.1) is 5.92 Å². The van der Waals surface area contributed by atoms with Gasteiger partial charge >= 0.3 is 12.1 Å². The Balaban J connectivity index is 0.000000339. The van der Waals surface area contributed by atoms with E-state index in [1.165, 1.54) is 5.56 Å². The lowest BCUT2D eigenvalue weighted by atomic mass is 10.1. The minimum atomic E-state index is -5.08. The topological polar surface area (TPSA) is 93.2 Å². The van der Waals surface area contributed by atoms with Gasteiger partial charge in [0.2, 0.25) is 0 Å². The number of imidazole rings is 1. The van der Waals surface area contributed by atoms with Crippen molar-refractivity contribution in [3.63, 3.8) is 0 Å². The van der Waals surface area contributed by atoms with Gasteiger partial charge in [-0.3, -0.25) is 9.69 Å². The van der Waals surface area contributed by atoms with Gasteiger partial charge in [0.15, 0.2) is 0 Å². The van der Waals surface area contributed by atoms with E-state index in [4.69, 9.17) is 9.90 Å². The first-order valence-corrected chi connectivity index (χ1v) is 10.2. The van der Waals surface area contributed by atoms with Crippen molar-refractivity contribution in [3.8, 4) is 0 Å². The van der Waals surface area contributed by atoms with Gasteiger partial charge in [-0.25, -0.2) is 14.5 Å². The normalized spacial score (nSPS) is 16.7. The van der Waals surface area contributed by atoms with E-state index in [-0.39, 0.29) is 5.56 Å². The van der Waals surface area contributed by atoms with Gasteiger partial charge in [0.05, 0.1) is 13.1 Å². The third-order valence-electron chi connectivity index (χ3n) is 4.58. The van der Waals surface area contributed by atoms with Gasteiger partial charge in [0.25, 0.3) is 5.56 Å². The van der Waals surface area contributed by atoms with E-state index in [0.717, 1.165) is 32.0 Å². The zero-order valence-electron chi connectivity index (χ0n) is 16.3. The number of hydrogen-bond acceptors (Lipinski definition) is 6. The second-order valence-corrected chi connectivity index (χ2v) is 7.79.